The number of carbonyl (C=O) groups is 3. The Labute approximate surface area is 309 Å². The predicted octanol–water partition coefficient (Wildman–Crippen LogP) is 4.44. The van der Waals surface area contributed by atoms with Crippen LogP contribution in [0.3, 0.4) is 0 Å². The smallest absolute Gasteiger partial charge is 0.410 e. The number of amides is 1. The van der Waals surface area contributed by atoms with Crippen LogP contribution in [0, 0.1) is 23.7 Å². The maximum absolute atomic E-state index is 14.3. The first-order valence-electron chi connectivity index (χ1n) is 19.2. The molecule has 3 aliphatic heterocycles. The van der Waals surface area contributed by atoms with Crippen LogP contribution in [0.4, 0.5) is 4.79 Å². The molecule has 2 N–H and O–H groups in total. The first-order valence-corrected chi connectivity index (χ1v) is 19.2. The van der Waals surface area contributed by atoms with Crippen molar-refractivity contribution in [1.82, 2.24) is 15.1 Å². The lowest BCUT2D eigenvalue weighted by atomic mass is 9.78. The van der Waals surface area contributed by atoms with E-state index in [1.165, 1.54) is 6.92 Å². The van der Waals surface area contributed by atoms with Crippen molar-refractivity contribution in [3.63, 3.8) is 0 Å². The minimum atomic E-state index is -1.20. The van der Waals surface area contributed by atoms with Gasteiger partial charge in [-0.15, -0.1) is 0 Å². The maximum Gasteiger partial charge on any atom is 0.410 e. The van der Waals surface area contributed by atoms with Crippen LogP contribution in [0.25, 0.3) is 10.4 Å². The summed E-state index contributed by atoms with van der Waals surface area (Å²) in [5.41, 5.74) is 6.49. The van der Waals surface area contributed by atoms with Crippen molar-refractivity contribution in [2.24, 2.45) is 28.8 Å². The third kappa shape index (κ3) is 9.22. The van der Waals surface area contributed by atoms with Gasteiger partial charge in [-0.05, 0) is 111 Å². The molecular formula is C37H64N6O9. The number of ether oxygens (including phenoxy) is 5. The van der Waals surface area contributed by atoms with E-state index in [1.807, 2.05) is 46.7 Å². The average Bonchev–Trinajstić information content (AvgIpc) is 3.91. The number of methoxy groups -OCH3 is 1. The van der Waals surface area contributed by atoms with Gasteiger partial charge in [0.25, 0.3) is 0 Å². The molecule has 1 aliphatic carbocycles. The number of esters is 1. The number of hydrogen-bond donors (Lipinski definition) is 2. The van der Waals surface area contributed by atoms with Crippen LogP contribution in [-0.2, 0) is 33.3 Å². The summed E-state index contributed by atoms with van der Waals surface area (Å²) in [6, 6.07) is -0.852. The zero-order chi connectivity index (χ0) is 38.5. The summed E-state index contributed by atoms with van der Waals surface area (Å²) in [6.07, 6.45) is 0.222. The second kappa shape index (κ2) is 17.7. The number of aliphatic hydroxyl groups is 1. The number of Topliss-reactive ketones (excluding diaryl/α,β-unsaturated/α-hetero) is 1. The number of carbonyl (C=O) groups excluding carboxylic acids is 3. The monoisotopic (exact) mass is 736 g/mol. The summed E-state index contributed by atoms with van der Waals surface area (Å²) in [6.45, 7) is 14.2. The van der Waals surface area contributed by atoms with E-state index in [1.54, 1.807) is 18.9 Å². The molecule has 0 spiro atoms. The lowest BCUT2D eigenvalue weighted by molar-refractivity contribution is -0.295. The summed E-state index contributed by atoms with van der Waals surface area (Å²) in [4.78, 5) is 48.5. The van der Waals surface area contributed by atoms with Crippen LogP contribution in [-0.4, -0.2) is 134 Å². The third-order valence-corrected chi connectivity index (χ3v) is 11.9. The molecule has 3 unspecified atom stereocenters. The predicted molar refractivity (Wildman–Crippen MR) is 193 cm³/mol. The Balaban J connectivity index is 1.73. The van der Waals surface area contributed by atoms with Crippen molar-refractivity contribution >= 4 is 17.8 Å². The van der Waals surface area contributed by atoms with Crippen molar-refractivity contribution in [3.8, 4) is 0 Å². The molecule has 4 fully saturated rings. The molecule has 296 valence electrons. The van der Waals surface area contributed by atoms with Crippen molar-refractivity contribution in [1.29, 1.82) is 0 Å². The molecule has 15 heteroatoms. The Morgan fingerprint density at radius 2 is 1.83 bits per heavy atom. The van der Waals surface area contributed by atoms with Crippen molar-refractivity contribution in [2.75, 3.05) is 40.8 Å². The van der Waals surface area contributed by atoms with Crippen LogP contribution in [0.1, 0.15) is 93.4 Å². The number of ketones is 1. The largest absolute Gasteiger partial charge is 0.458 e. The Hall–Kier alpha value is -2.52. The highest BCUT2D eigenvalue weighted by molar-refractivity contribution is 6.00. The molecule has 0 radical (unpaired) electrons. The molecule has 1 amide bonds. The van der Waals surface area contributed by atoms with Gasteiger partial charge in [-0.3, -0.25) is 14.5 Å². The fourth-order valence-electron chi connectivity index (χ4n) is 8.78. The van der Waals surface area contributed by atoms with E-state index < -0.39 is 65.7 Å². The molecule has 0 aromatic heterocycles. The number of nitrogens with one attached hydrogen (secondary N) is 1. The van der Waals surface area contributed by atoms with E-state index in [-0.39, 0.29) is 35.8 Å². The molecule has 0 aromatic carbocycles. The number of aliphatic hydroxyl groups excluding tert-OH is 1. The quantitative estimate of drug-likeness (QED) is 0.0763. The Morgan fingerprint density at radius 3 is 2.42 bits per heavy atom. The van der Waals surface area contributed by atoms with Crippen LogP contribution in [0.5, 0.6) is 0 Å². The summed E-state index contributed by atoms with van der Waals surface area (Å²) < 4.78 is 31.5. The number of rotatable bonds is 11. The van der Waals surface area contributed by atoms with E-state index in [0.29, 0.717) is 51.7 Å². The van der Waals surface area contributed by atoms with Crippen LogP contribution in [0.2, 0.25) is 0 Å². The standard InChI is InChI=1S/C37H64N6O9/c1-11-27-37(7)31(43(35(47)52-37)17-13-12-16-40-41-38)28(25-14-15-25)39-20-21(2)19-36(6,48-10)32(23(4)29(44)24(5)33(46)50-27)51-34-30(45)26(42(8)9)18-22(3)49-34/h21-28,30-32,34,39,45H,11-20H2,1-10H3/t21-,22?,23+,24-,26?,27-,28-,30?,31-,32-,34+,36-,37-/m1/s1. The topological polar surface area (TPSA) is 185 Å². The van der Waals surface area contributed by atoms with Gasteiger partial charge in [0.15, 0.2) is 17.7 Å². The number of unbranched alkanes of at least 4 members (excludes halogenated alkanes) is 1. The Morgan fingerprint density at radius 1 is 1.13 bits per heavy atom. The zero-order valence-electron chi connectivity index (χ0n) is 32.9. The first kappa shape index (κ1) is 42.2. The van der Waals surface area contributed by atoms with E-state index in [2.05, 4.69) is 22.3 Å². The molecule has 52 heavy (non-hydrogen) atoms. The zero-order valence-corrected chi connectivity index (χ0v) is 32.9. The fraction of sp³-hybridized carbons (Fsp3) is 0.919. The highest BCUT2D eigenvalue weighted by atomic mass is 16.7. The van der Waals surface area contributed by atoms with Gasteiger partial charge in [0.05, 0.1) is 23.9 Å². The highest BCUT2D eigenvalue weighted by Crippen LogP contribution is 2.45. The van der Waals surface area contributed by atoms with Gasteiger partial charge in [0.2, 0.25) is 0 Å². The highest BCUT2D eigenvalue weighted by Gasteiger charge is 2.61. The molecule has 0 bridgehead atoms. The number of cyclic esters (lactones) is 1. The molecule has 4 rings (SSSR count). The SMILES string of the molecule is CC[C@H]1OC(=O)[C@H](C)C(=O)[C@H](C)[C@@H](O[C@@H]2OC(C)CC(N(C)C)C2O)[C@](C)(OC)C[C@@H](C)CN[C@H](C2CC2)[C@H]2N(CCCCN=[N+]=[N-])C(=O)O[C@]12C. The first-order chi connectivity index (χ1) is 24.5. The van der Waals surface area contributed by atoms with Crippen molar-refractivity contribution < 1.29 is 43.2 Å². The number of hydrogen-bond acceptors (Lipinski definition) is 12. The summed E-state index contributed by atoms with van der Waals surface area (Å²) in [5, 5.41) is 18.9. The molecule has 0 aromatic rings. The van der Waals surface area contributed by atoms with Crippen molar-refractivity contribution in [3.05, 3.63) is 10.4 Å². The van der Waals surface area contributed by atoms with Gasteiger partial charge < -0.3 is 39.0 Å². The molecular weight excluding hydrogens is 672 g/mol. The van der Waals surface area contributed by atoms with Gasteiger partial charge in [0.1, 0.15) is 18.1 Å². The molecule has 15 nitrogen and oxygen atoms in total. The molecule has 1 saturated carbocycles. The average molecular weight is 737 g/mol. The lowest BCUT2D eigenvalue weighted by Gasteiger charge is -2.46. The van der Waals surface area contributed by atoms with Gasteiger partial charge in [0, 0.05) is 43.1 Å². The normalized spacial score (nSPS) is 41.0. The van der Waals surface area contributed by atoms with Crippen LogP contribution >= 0.6 is 0 Å². The third-order valence-electron chi connectivity index (χ3n) is 11.9. The van der Waals surface area contributed by atoms with E-state index in [9.17, 15) is 19.5 Å². The number of azide groups is 1. The lowest BCUT2D eigenvalue weighted by Crippen LogP contribution is -2.62. The summed E-state index contributed by atoms with van der Waals surface area (Å²) in [5.74, 6) is -2.83. The van der Waals surface area contributed by atoms with Crippen LogP contribution in [0.15, 0.2) is 5.11 Å². The molecule has 13 atom stereocenters. The van der Waals surface area contributed by atoms with Crippen LogP contribution < -0.4 is 5.32 Å². The van der Waals surface area contributed by atoms with E-state index in [0.717, 1.165) is 12.8 Å². The molecule has 3 heterocycles. The minimum absolute atomic E-state index is 0.00854. The van der Waals surface area contributed by atoms with E-state index in [4.69, 9.17) is 29.2 Å². The fourth-order valence-corrected chi connectivity index (χ4v) is 8.78. The van der Waals surface area contributed by atoms with Gasteiger partial charge in [-0.2, -0.15) is 0 Å². The Kier molecular flexibility index (Phi) is 14.4. The molecule has 4 aliphatic rings. The number of likely N-dealkylation sites (N-methyl/N-ethyl adjacent to an activating group) is 1. The van der Waals surface area contributed by atoms with Crippen molar-refractivity contribution in [2.45, 2.75) is 153 Å². The van der Waals surface area contributed by atoms with Gasteiger partial charge in [-0.25, -0.2) is 4.79 Å². The second-order valence-electron chi connectivity index (χ2n) is 16.3. The number of fused-ring (bicyclic) bond motifs is 1. The summed E-state index contributed by atoms with van der Waals surface area (Å²) in [7, 11) is 5.40. The minimum Gasteiger partial charge on any atom is -0.458 e. The maximum atomic E-state index is 14.3. The number of nitrogens with zero attached hydrogens (tertiary/aromatic N) is 5. The van der Waals surface area contributed by atoms with Gasteiger partial charge >= 0.3 is 12.1 Å². The van der Waals surface area contributed by atoms with E-state index >= 15 is 0 Å². The Bertz CT molecular complexity index is 1300. The van der Waals surface area contributed by atoms with Gasteiger partial charge in [-0.1, -0.05) is 25.9 Å². The molecule has 3 saturated heterocycles. The summed E-state index contributed by atoms with van der Waals surface area (Å²) >= 11 is 0. The second-order valence-corrected chi connectivity index (χ2v) is 16.3.